The van der Waals surface area contributed by atoms with Crippen LogP contribution in [0.2, 0.25) is 0 Å². The van der Waals surface area contributed by atoms with Gasteiger partial charge in [0.25, 0.3) is 0 Å². The average molecular weight is 338 g/mol. The molecule has 0 saturated heterocycles. The van der Waals surface area contributed by atoms with Crippen LogP contribution >= 0.6 is 0 Å². The van der Waals surface area contributed by atoms with Gasteiger partial charge in [0.1, 0.15) is 12.4 Å². The van der Waals surface area contributed by atoms with E-state index < -0.39 is 0 Å². The van der Waals surface area contributed by atoms with Gasteiger partial charge in [-0.25, -0.2) is 0 Å². The third-order valence-electron chi connectivity index (χ3n) is 4.15. The lowest BCUT2D eigenvalue weighted by molar-refractivity contribution is 0.308. The maximum Gasteiger partial charge on any atom is 0.119 e. The Balaban J connectivity index is 1.43. The van der Waals surface area contributed by atoms with E-state index in [9.17, 15) is 0 Å². The van der Waals surface area contributed by atoms with E-state index in [1.807, 2.05) is 54.6 Å². The molecule has 0 aliphatic rings. The highest BCUT2D eigenvalue weighted by Gasteiger charge is 2.02. The second kappa shape index (κ2) is 7.62. The average Bonchev–Trinajstić information content (AvgIpc) is 2.72. The molecule has 26 heavy (non-hydrogen) atoms. The minimum absolute atomic E-state index is 0.534. The maximum absolute atomic E-state index is 5.95. The normalized spacial score (nSPS) is 11.1. The topological polar surface area (TPSA) is 34.0 Å². The van der Waals surface area contributed by atoms with Crippen molar-refractivity contribution in [3.8, 4) is 5.75 Å². The molecule has 0 amide bonds. The number of hydrogen-bond donors (Lipinski definition) is 0. The van der Waals surface area contributed by atoms with Gasteiger partial charge in [0.15, 0.2) is 0 Å². The van der Waals surface area contributed by atoms with E-state index in [1.54, 1.807) is 0 Å². The van der Waals surface area contributed by atoms with Gasteiger partial charge in [-0.2, -0.15) is 10.2 Å². The number of benzene rings is 4. The minimum atomic E-state index is 0.534. The predicted molar refractivity (Wildman–Crippen MR) is 105 cm³/mol. The van der Waals surface area contributed by atoms with Gasteiger partial charge in [0, 0.05) is 0 Å². The van der Waals surface area contributed by atoms with Crippen LogP contribution in [0.1, 0.15) is 5.56 Å². The van der Waals surface area contributed by atoms with Crippen molar-refractivity contribution in [2.45, 2.75) is 6.61 Å². The Hall–Kier alpha value is -3.46. The first-order valence-corrected chi connectivity index (χ1v) is 8.55. The third kappa shape index (κ3) is 3.78. The highest BCUT2D eigenvalue weighted by atomic mass is 16.5. The van der Waals surface area contributed by atoms with Gasteiger partial charge in [-0.1, -0.05) is 60.7 Å². The molecule has 0 spiro atoms. The van der Waals surface area contributed by atoms with Crippen LogP contribution in [-0.2, 0) is 6.61 Å². The first kappa shape index (κ1) is 16.0. The molecule has 0 aliphatic carbocycles. The molecule has 0 heterocycles. The quantitative estimate of drug-likeness (QED) is 0.367. The lowest BCUT2D eigenvalue weighted by atomic mass is 10.1. The van der Waals surface area contributed by atoms with Crippen LogP contribution in [0.15, 0.2) is 107 Å². The fourth-order valence-electron chi connectivity index (χ4n) is 2.80. The molecule has 0 unspecified atom stereocenters. The smallest absolute Gasteiger partial charge is 0.119 e. The van der Waals surface area contributed by atoms with Crippen molar-refractivity contribution in [2.75, 3.05) is 0 Å². The van der Waals surface area contributed by atoms with E-state index in [-0.39, 0.29) is 0 Å². The molecule has 0 N–H and O–H groups in total. The Morgan fingerprint density at radius 2 is 1.23 bits per heavy atom. The standard InChI is InChI=1S/C23H18N2O/c1-2-10-20(11-3-1)24-25-21-13-15-22(16-14-21)26-17-19-9-6-8-18-7-4-5-12-23(18)19/h1-16H,17H2. The SMILES string of the molecule is c1ccc(N=Nc2ccc(OCc3cccc4ccccc34)cc2)cc1. The van der Waals surface area contributed by atoms with E-state index in [1.165, 1.54) is 16.3 Å². The summed E-state index contributed by atoms with van der Waals surface area (Å²) in [6.45, 7) is 0.534. The fraction of sp³-hybridized carbons (Fsp3) is 0.0435. The summed E-state index contributed by atoms with van der Waals surface area (Å²) in [4.78, 5) is 0. The van der Waals surface area contributed by atoms with Crippen molar-refractivity contribution < 1.29 is 4.74 Å². The molecule has 0 bridgehead atoms. The van der Waals surface area contributed by atoms with E-state index in [4.69, 9.17) is 4.74 Å². The number of rotatable bonds is 5. The lowest BCUT2D eigenvalue weighted by Gasteiger charge is -2.09. The maximum atomic E-state index is 5.95. The van der Waals surface area contributed by atoms with Crippen LogP contribution in [0.3, 0.4) is 0 Å². The summed E-state index contributed by atoms with van der Waals surface area (Å²) in [5.41, 5.74) is 2.81. The lowest BCUT2D eigenvalue weighted by Crippen LogP contribution is -1.96. The van der Waals surface area contributed by atoms with Gasteiger partial charge < -0.3 is 4.74 Å². The van der Waals surface area contributed by atoms with Crippen LogP contribution in [-0.4, -0.2) is 0 Å². The monoisotopic (exact) mass is 338 g/mol. The summed E-state index contributed by atoms with van der Waals surface area (Å²) in [5.74, 6) is 0.816. The van der Waals surface area contributed by atoms with Crippen molar-refractivity contribution in [3.63, 3.8) is 0 Å². The summed E-state index contributed by atoms with van der Waals surface area (Å²) in [7, 11) is 0. The zero-order valence-electron chi connectivity index (χ0n) is 14.2. The molecule has 126 valence electrons. The second-order valence-corrected chi connectivity index (χ2v) is 5.96. The molecule has 0 aromatic heterocycles. The number of fused-ring (bicyclic) bond motifs is 1. The summed E-state index contributed by atoms with van der Waals surface area (Å²) in [6.07, 6.45) is 0. The van der Waals surface area contributed by atoms with E-state index in [0.29, 0.717) is 6.61 Å². The zero-order valence-corrected chi connectivity index (χ0v) is 14.2. The second-order valence-electron chi connectivity index (χ2n) is 5.96. The first-order chi connectivity index (χ1) is 12.9. The Labute approximate surface area is 152 Å². The Kier molecular flexibility index (Phi) is 4.70. The van der Waals surface area contributed by atoms with Gasteiger partial charge in [-0.3, -0.25) is 0 Å². The van der Waals surface area contributed by atoms with Gasteiger partial charge in [0.2, 0.25) is 0 Å². The van der Waals surface area contributed by atoms with Crippen LogP contribution in [0.25, 0.3) is 10.8 Å². The van der Waals surface area contributed by atoms with Gasteiger partial charge in [-0.15, -0.1) is 0 Å². The minimum Gasteiger partial charge on any atom is -0.489 e. The number of nitrogens with zero attached hydrogens (tertiary/aromatic N) is 2. The van der Waals surface area contributed by atoms with Crippen LogP contribution in [0.4, 0.5) is 11.4 Å². The summed E-state index contributed by atoms with van der Waals surface area (Å²) < 4.78 is 5.95. The van der Waals surface area contributed by atoms with Gasteiger partial charge >= 0.3 is 0 Å². The third-order valence-corrected chi connectivity index (χ3v) is 4.15. The molecule has 3 nitrogen and oxygen atoms in total. The first-order valence-electron chi connectivity index (χ1n) is 8.55. The molecular weight excluding hydrogens is 320 g/mol. The molecule has 4 rings (SSSR count). The Morgan fingerprint density at radius 3 is 2.04 bits per heavy atom. The molecule has 0 radical (unpaired) electrons. The van der Waals surface area contributed by atoms with E-state index >= 15 is 0 Å². The molecule has 4 aromatic rings. The van der Waals surface area contributed by atoms with Gasteiger partial charge in [0.05, 0.1) is 11.4 Å². The highest BCUT2D eigenvalue weighted by molar-refractivity contribution is 5.85. The van der Waals surface area contributed by atoms with Crippen LogP contribution < -0.4 is 4.74 Å². The van der Waals surface area contributed by atoms with Crippen molar-refractivity contribution in [1.82, 2.24) is 0 Å². The largest absolute Gasteiger partial charge is 0.489 e. The van der Waals surface area contributed by atoms with Crippen LogP contribution in [0, 0.1) is 0 Å². The number of ether oxygens (including phenoxy) is 1. The summed E-state index contributed by atoms with van der Waals surface area (Å²) in [5, 5.41) is 10.9. The van der Waals surface area contributed by atoms with Gasteiger partial charge in [-0.05, 0) is 52.7 Å². The predicted octanol–water partition coefficient (Wildman–Crippen LogP) is 6.83. The fourth-order valence-corrected chi connectivity index (χ4v) is 2.80. The van der Waals surface area contributed by atoms with Crippen molar-refractivity contribution in [3.05, 3.63) is 103 Å². The Bertz CT molecular complexity index is 1020. The van der Waals surface area contributed by atoms with E-state index in [2.05, 4.69) is 52.7 Å². The molecule has 0 atom stereocenters. The highest BCUT2D eigenvalue weighted by Crippen LogP contribution is 2.23. The zero-order chi connectivity index (χ0) is 17.6. The Morgan fingerprint density at radius 1 is 0.577 bits per heavy atom. The number of azo groups is 1. The van der Waals surface area contributed by atoms with Crippen molar-refractivity contribution in [2.24, 2.45) is 10.2 Å². The molecule has 0 fully saturated rings. The molecule has 0 aliphatic heterocycles. The summed E-state index contributed by atoms with van der Waals surface area (Å²) >= 11 is 0. The molecule has 4 aromatic carbocycles. The molecule has 0 saturated carbocycles. The van der Waals surface area contributed by atoms with Crippen LogP contribution in [0.5, 0.6) is 5.75 Å². The summed E-state index contributed by atoms with van der Waals surface area (Å²) in [6, 6.07) is 32.0. The van der Waals surface area contributed by atoms with Crippen molar-refractivity contribution >= 4 is 22.1 Å². The molecule has 3 heteroatoms. The van der Waals surface area contributed by atoms with Crippen molar-refractivity contribution in [1.29, 1.82) is 0 Å². The number of hydrogen-bond acceptors (Lipinski definition) is 3. The van der Waals surface area contributed by atoms with E-state index in [0.717, 1.165) is 17.1 Å². The molecular formula is C23H18N2O.